The molecule has 0 aliphatic carbocycles. The molecule has 0 aromatic heterocycles. The number of nitrogens with zero attached hydrogens (tertiary/aromatic N) is 1. The van der Waals surface area contributed by atoms with E-state index in [1.54, 1.807) is 0 Å². The highest BCUT2D eigenvalue weighted by molar-refractivity contribution is 6.60. The Morgan fingerprint density at radius 2 is 1.57 bits per heavy atom. The molecular weight excluding hydrogens is 186 g/mol. The van der Waals surface area contributed by atoms with Gasteiger partial charge in [0, 0.05) is 0 Å². The van der Waals surface area contributed by atoms with E-state index in [-0.39, 0.29) is 8.80 Å². The molecule has 0 amide bonds. The van der Waals surface area contributed by atoms with Gasteiger partial charge in [0.15, 0.2) is 0 Å². The van der Waals surface area contributed by atoms with Crippen molar-refractivity contribution >= 4 is 8.80 Å². The van der Waals surface area contributed by atoms with Gasteiger partial charge < -0.3 is 4.90 Å². The van der Waals surface area contributed by atoms with Crippen LogP contribution in [-0.2, 0) is 0 Å². The van der Waals surface area contributed by atoms with E-state index in [2.05, 4.69) is 30.2 Å². The first-order chi connectivity index (χ1) is 6.86. The zero-order valence-corrected chi connectivity index (χ0v) is 10.2. The van der Waals surface area contributed by atoms with Crippen LogP contribution in [0.15, 0.2) is 25.3 Å². The molecule has 1 rings (SSSR count). The maximum Gasteiger partial charge on any atom is 0.0727 e. The summed E-state index contributed by atoms with van der Waals surface area (Å²) in [6, 6.07) is 2.46. The minimum Gasteiger partial charge on any atom is -0.306 e. The van der Waals surface area contributed by atoms with E-state index in [9.17, 15) is 0 Å². The molecule has 0 spiro atoms. The lowest BCUT2D eigenvalue weighted by Gasteiger charge is -2.29. The summed E-state index contributed by atoms with van der Waals surface area (Å²) >= 11 is 0. The van der Waals surface area contributed by atoms with Crippen LogP contribution in [0, 0.1) is 0 Å². The number of piperidine rings is 1. The number of hydrogen-bond donors (Lipinski definition) is 0. The summed E-state index contributed by atoms with van der Waals surface area (Å²) in [5.74, 6) is 0. The van der Waals surface area contributed by atoms with Crippen LogP contribution in [0.2, 0.25) is 12.1 Å². The van der Waals surface area contributed by atoms with Gasteiger partial charge in [0.1, 0.15) is 0 Å². The first-order valence-electron chi connectivity index (χ1n) is 5.64. The number of allylic oxidation sites excluding steroid dienone is 2. The van der Waals surface area contributed by atoms with Crippen LogP contribution in [0.3, 0.4) is 0 Å². The van der Waals surface area contributed by atoms with E-state index in [0.717, 1.165) is 0 Å². The lowest BCUT2D eigenvalue weighted by atomic mass is 10.1. The molecule has 0 saturated carbocycles. The van der Waals surface area contributed by atoms with E-state index < -0.39 is 0 Å². The van der Waals surface area contributed by atoms with Crippen molar-refractivity contribution in [2.45, 2.75) is 31.4 Å². The van der Waals surface area contributed by atoms with Crippen LogP contribution in [0.4, 0.5) is 0 Å². The van der Waals surface area contributed by atoms with Gasteiger partial charge in [-0.25, -0.2) is 0 Å². The molecule has 1 saturated heterocycles. The molecule has 2 heteroatoms. The third-order valence-electron chi connectivity index (χ3n) is 2.76. The molecule has 1 nitrogen and oxygen atoms in total. The number of rotatable bonds is 6. The molecule has 79 valence electrons. The van der Waals surface area contributed by atoms with Crippen LogP contribution in [-0.4, -0.2) is 33.0 Å². The molecule has 0 aromatic carbocycles. The second-order valence-corrected chi connectivity index (χ2v) is 6.71. The largest absolute Gasteiger partial charge is 0.306 e. The van der Waals surface area contributed by atoms with Crippen LogP contribution in [0.25, 0.3) is 0 Å². The lowest BCUT2D eigenvalue weighted by Crippen LogP contribution is -2.38. The Balaban J connectivity index is 2.28. The van der Waals surface area contributed by atoms with E-state index in [0.29, 0.717) is 0 Å². The minimum absolute atomic E-state index is 0.256. The summed E-state index contributed by atoms with van der Waals surface area (Å²) in [6.45, 7) is 10.3. The maximum atomic E-state index is 3.85. The molecule has 0 N–H and O–H groups in total. The Bertz CT molecular complexity index is 163. The van der Waals surface area contributed by atoms with Crippen LogP contribution >= 0.6 is 0 Å². The Morgan fingerprint density at radius 3 is 2.07 bits per heavy atom. The quantitative estimate of drug-likeness (QED) is 0.479. The van der Waals surface area contributed by atoms with Crippen molar-refractivity contribution in [3.05, 3.63) is 25.3 Å². The molecule has 1 radical (unpaired) electrons. The Kier molecular flexibility index (Phi) is 5.88. The third-order valence-corrected chi connectivity index (χ3v) is 5.39. The lowest BCUT2D eigenvalue weighted by molar-refractivity contribution is 0.260. The summed E-state index contributed by atoms with van der Waals surface area (Å²) in [5, 5.41) is 0. The predicted molar refractivity (Wildman–Crippen MR) is 66.1 cm³/mol. The Hall–Kier alpha value is -0.343. The first kappa shape index (κ1) is 11.7. The fraction of sp³-hybridized carbons (Fsp3) is 0.667. The zero-order chi connectivity index (χ0) is 10.2. The van der Waals surface area contributed by atoms with Crippen molar-refractivity contribution in [1.82, 2.24) is 4.90 Å². The fourth-order valence-corrected chi connectivity index (χ4v) is 4.24. The van der Waals surface area contributed by atoms with Gasteiger partial charge in [0.25, 0.3) is 0 Å². The summed E-state index contributed by atoms with van der Waals surface area (Å²) in [7, 11) is -0.256. The van der Waals surface area contributed by atoms with Gasteiger partial charge in [-0.05, 0) is 44.2 Å². The smallest absolute Gasteiger partial charge is 0.0727 e. The van der Waals surface area contributed by atoms with Gasteiger partial charge in [0.05, 0.1) is 8.80 Å². The van der Waals surface area contributed by atoms with Gasteiger partial charge in [-0.2, -0.15) is 0 Å². The van der Waals surface area contributed by atoms with Gasteiger partial charge in [-0.1, -0.05) is 18.6 Å². The van der Waals surface area contributed by atoms with Gasteiger partial charge in [-0.3, -0.25) is 0 Å². The Labute approximate surface area is 90.1 Å². The third kappa shape index (κ3) is 4.25. The van der Waals surface area contributed by atoms with Crippen LogP contribution < -0.4 is 0 Å². The minimum atomic E-state index is -0.256. The normalized spacial score (nSPS) is 18.4. The van der Waals surface area contributed by atoms with E-state index in [4.69, 9.17) is 0 Å². The molecule has 0 atom stereocenters. The molecule has 1 heterocycles. The SMILES string of the molecule is C=CC[Si](CC=C)CN1CCCCC1. The molecule has 0 aromatic rings. The number of likely N-dealkylation sites (tertiary alicyclic amines) is 1. The molecule has 1 aliphatic heterocycles. The highest BCUT2D eigenvalue weighted by Gasteiger charge is 2.15. The molecule has 1 fully saturated rings. The van der Waals surface area contributed by atoms with E-state index in [1.165, 1.54) is 50.6 Å². The molecule has 14 heavy (non-hydrogen) atoms. The van der Waals surface area contributed by atoms with E-state index in [1.807, 2.05) is 0 Å². The average molecular weight is 208 g/mol. The summed E-state index contributed by atoms with van der Waals surface area (Å²) < 4.78 is 0. The topological polar surface area (TPSA) is 3.24 Å². The van der Waals surface area contributed by atoms with Crippen molar-refractivity contribution in [1.29, 1.82) is 0 Å². The van der Waals surface area contributed by atoms with Crippen LogP contribution in [0.5, 0.6) is 0 Å². The number of hydrogen-bond acceptors (Lipinski definition) is 1. The summed E-state index contributed by atoms with van der Waals surface area (Å²) in [5.41, 5.74) is 0. The standard InChI is InChI=1S/C12H22NSi/c1-3-10-14(11-4-2)12-13-8-6-5-7-9-13/h3-4H,1-2,5-12H2. The van der Waals surface area contributed by atoms with Gasteiger partial charge >= 0.3 is 0 Å². The zero-order valence-electron chi connectivity index (χ0n) is 9.17. The molecule has 0 unspecified atom stereocenters. The average Bonchev–Trinajstić information content (AvgIpc) is 2.20. The van der Waals surface area contributed by atoms with Crippen molar-refractivity contribution in [3.8, 4) is 0 Å². The monoisotopic (exact) mass is 208 g/mol. The highest BCUT2D eigenvalue weighted by atomic mass is 28.3. The highest BCUT2D eigenvalue weighted by Crippen LogP contribution is 2.11. The van der Waals surface area contributed by atoms with Crippen LogP contribution in [0.1, 0.15) is 19.3 Å². The summed E-state index contributed by atoms with van der Waals surface area (Å²) in [6.07, 6.45) is 9.74. The Morgan fingerprint density at radius 1 is 1.00 bits per heavy atom. The predicted octanol–water partition coefficient (Wildman–Crippen LogP) is 2.88. The maximum absolute atomic E-state index is 3.85. The summed E-state index contributed by atoms with van der Waals surface area (Å²) in [4.78, 5) is 2.64. The van der Waals surface area contributed by atoms with Gasteiger partial charge in [0.2, 0.25) is 0 Å². The van der Waals surface area contributed by atoms with Crippen molar-refractivity contribution < 1.29 is 0 Å². The molecule has 1 aliphatic rings. The van der Waals surface area contributed by atoms with E-state index >= 15 is 0 Å². The van der Waals surface area contributed by atoms with Crippen molar-refractivity contribution in [3.63, 3.8) is 0 Å². The van der Waals surface area contributed by atoms with Crippen molar-refractivity contribution in [2.24, 2.45) is 0 Å². The molecular formula is C12H22NSi. The first-order valence-corrected chi connectivity index (χ1v) is 7.76. The molecule has 0 bridgehead atoms. The van der Waals surface area contributed by atoms with Crippen molar-refractivity contribution in [2.75, 3.05) is 19.3 Å². The fourth-order valence-electron chi connectivity index (χ4n) is 2.05. The van der Waals surface area contributed by atoms with Gasteiger partial charge in [-0.15, -0.1) is 13.2 Å². The second kappa shape index (κ2) is 7.02. The second-order valence-electron chi connectivity index (χ2n) is 4.07.